The molecule has 4 rings (SSSR count). The third kappa shape index (κ3) is 4.54. The molecule has 0 aliphatic rings. The second-order valence-electron chi connectivity index (χ2n) is 5.70. The molecule has 4 aromatic rings. The quantitative estimate of drug-likeness (QED) is 0.400. The Kier molecular flexibility index (Phi) is 6.27. The lowest BCUT2D eigenvalue weighted by molar-refractivity contribution is 0.0680. The monoisotopic (exact) mass is 396 g/mol. The molecule has 148 valence electrons. The Labute approximate surface area is 163 Å². The van der Waals surface area contributed by atoms with Crippen molar-refractivity contribution in [3.8, 4) is 11.5 Å². The van der Waals surface area contributed by atoms with Crippen LogP contribution in [0.1, 0.15) is 21.0 Å². The van der Waals surface area contributed by atoms with E-state index >= 15 is 0 Å². The predicted octanol–water partition coefficient (Wildman–Crippen LogP) is 2.45. The van der Waals surface area contributed by atoms with Gasteiger partial charge in [0.15, 0.2) is 11.4 Å². The van der Waals surface area contributed by atoms with Crippen LogP contribution in [-0.4, -0.2) is 47.8 Å². The maximum Gasteiger partial charge on any atom is 0.354 e. The highest BCUT2D eigenvalue weighted by molar-refractivity contribution is 5.93. The van der Waals surface area contributed by atoms with Gasteiger partial charge in [-0.2, -0.15) is 0 Å². The van der Waals surface area contributed by atoms with Crippen LogP contribution in [0.4, 0.5) is 0 Å². The van der Waals surface area contributed by atoms with Gasteiger partial charge in [0, 0.05) is 22.9 Å². The van der Waals surface area contributed by atoms with E-state index in [0.29, 0.717) is 21.8 Å². The second kappa shape index (κ2) is 8.63. The molecule has 0 aliphatic carbocycles. The Balaban J connectivity index is 0.000000200. The molecule has 2 aromatic carbocycles. The Morgan fingerprint density at radius 3 is 1.34 bits per heavy atom. The minimum atomic E-state index is -1.15. The van der Waals surface area contributed by atoms with Crippen LogP contribution in [0.3, 0.4) is 0 Å². The van der Waals surface area contributed by atoms with E-state index in [-0.39, 0.29) is 28.4 Å². The Bertz CT molecular complexity index is 1110. The molecule has 0 aliphatic heterocycles. The van der Waals surface area contributed by atoms with Crippen LogP contribution >= 0.6 is 0 Å². The van der Waals surface area contributed by atoms with Gasteiger partial charge in [-0.3, -0.25) is 0 Å². The summed E-state index contributed by atoms with van der Waals surface area (Å²) in [6.45, 7) is 0. The van der Waals surface area contributed by atoms with Gasteiger partial charge >= 0.3 is 11.9 Å². The van der Waals surface area contributed by atoms with Crippen molar-refractivity contribution < 1.29 is 35.5 Å². The van der Waals surface area contributed by atoms with Crippen molar-refractivity contribution in [2.24, 2.45) is 0 Å². The summed E-state index contributed by atoms with van der Waals surface area (Å²) in [6, 6.07) is 15.9. The summed E-state index contributed by atoms with van der Waals surface area (Å²) in [7, 11) is 0. The fraction of sp³-hybridized carbons (Fsp3) is 0. The van der Waals surface area contributed by atoms with Gasteiger partial charge in [-0.05, 0) is 24.3 Å². The molecule has 0 amide bonds. The second-order valence-corrected chi connectivity index (χ2v) is 5.70. The molecule has 0 atom stereocenters. The summed E-state index contributed by atoms with van der Waals surface area (Å²) >= 11 is 0. The fourth-order valence-electron chi connectivity index (χ4n) is 2.53. The van der Waals surface area contributed by atoms with Gasteiger partial charge < -0.3 is 25.9 Å². The number of rotatable bonds is 2. The SMILES string of the molecule is O.O=C(O)c1cc(O)c2ccccc2n1.O=C(O)c1cc(O)c2ccccc2n1. The number of aromatic carboxylic acids is 2. The summed E-state index contributed by atoms with van der Waals surface area (Å²) in [5, 5.41) is 37.5. The first-order valence-corrected chi connectivity index (χ1v) is 8.01. The van der Waals surface area contributed by atoms with Gasteiger partial charge in [0.2, 0.25) is 0 Å². The maximum atomic E-state index is 10.6. The molecule has 9 nitrogen and oxygen atoms in total. The van der Waals surface area contributed by atoms with E-state index in [1.54, 1.807) is 48.5 Å². The highest BCUT2D eigenvalue weighted by Gasteiger charge is 2.10. The summed E-state index contributed by atoms with van der Waals surface area (Å²) in [5.41, 5.74) is 0.650. The number of para-hydroxylation sites is 2. The van der Waals surface area contributed by atoms with Crippen molar-refractivity contribution in [3.05, 3.63) is 72.1 Å². The molecule has 9 heteroatoms. The summed E-state index contributed by atoms with van der Waals surface area (Å²) in [6.07, 6.45) is 0. The zero-order chi connectivity index (χ0) is 20.3. The van der Waals surface area contributed by atoms with Gasteiger partial charge in [-0.15, -0.1) is 0 Å². The van der Waals surface area contributed by atoms with Gasteiger partial charge in [0.1, 0.15) is 11.5 Å². The van der Waals surface area contributed by atoms with Crippen LogP contribution in [-0.2, 0) is 0 Å². The zero-order valence-corrected chi connectivity index (χ0v) is 14.8. The lowest BCUT2D eigenvalue weighted by Gasteiger charge is -2.01. The first-order chi connectivity index (χ1) is 13.4. The molecule has 0 fully saturated rings. The topological polar surface area (TPSA) is 172 Å². The summed E-state index contributed by atoms with van der Waals surface area (Å²) in [5.74, 6) is -2.42. The van der Waals surface area contributed by atoms with Gasteiger partial charge in [-0.1, -0.05) is 24.3 Å². The van der Waals surface area contributed by atoms with Gasteiger partial charge in [0.25, 0.3) is 0 Å². The number of benzene rings is 2. The Morgan fingerprint density at radius 2 is 1.00 bits per heavy atom. The van der Waals surface area contributed by atoms with Crippen molar-refractivity contribution in [1.82, 2.24) is 9.97 Å². The maximum absolute atomic E-state index is 10.6. The molecule has 0 spiro atoms. The minimum Gasteiger partial charge on any atom is -0.507 e. The molecular formula is C20H16N2O7. The number of aromatic nitrogens is 2. The van der Waals surface area contributed by atoms with Gasteiger partial charge in [0.05, 0.1) is 11.0 Å². The van der Waals surface area contributed by atoms with Crippen molar-refractivity contribution in [2.45, 2.75) is 0 Å². The number of nitrogens with zero attached hydrogens (tertiary/aromatic N) is 2. The first-order valence-electron chi connectivity index (χ1n) is 8.01. The molecule has 2 heterocycles. The zero-order valence-electron chi connectivity index (χ0n) is 14.8. The number of pyridine rings is 2. The van der Waals surface area contributed by atoms with Crippen LogP contribution in [0, 0.1) is 0 Å². The van der Waals surface area contributed by atoms with Crippen molar-refractivity contribution in [2.75, 3.05) is 0 Å². The molecule has 0 unspecified atom stereocenters. The van der Waals surface area contributed by atoms with Crippen molar-refractivity contribution in [3.63, 3.8) is 0 Å². The predicted molar refractivity (Wildman–Crippen MR) is 104 cm³/mol. The van der Waals surface area contributed by atoms with Crippen LogP contribution in [0.25, 0.3) is 21.8 Å². The number of fused-ring (bicyclic) bond motifs is 2. The van der Waals surface area contributed by atoms with Crippen LogP contribution in [0.15, 0.2) is 60.7 Å². The molecule has 0 radical (unpaired) electrons. The van der Waals surface area contributed by atoms with E-state index in [0.717, 1.165) is 12.1 Å². The first kappa shape index (κ1) is 21.1. The highest BCUT2D eigenvalue weighted by atomic mass is 16.4. The Hall–Kier alpha value is -4.24. The van der Waals surface area contributed by atoms with E-state index in [1.165, 1.54) is 0 Å². The molecule has 0 bridgehead atoms. The lowest BCUT2D eigenvalue weighted by Crippen LogP contribution is -1.99. The molecule has 0 saturated carbocycles. The van der Waals surface area contributed by atoms with Gasteiger partial charge in [-0.25, -0.2) is 19.6 Å². The molecule has 6 N–H and O–H groups in total. The molecule has 29 heavy (non-hydrogen) atoms. The van der Waals surface area contributed by atoms with Crippen LogP contribution in [0.2, 0.25) is 0 Å². The van der Waals surface area contributed by atoms with E-state index in [9.17, 15) is 19.8 Å². The fourth-order valence-corrected chi connectivity index (χ4v) is 2.53. The average Bonchev–Trinajstić information content (AvgIpc) is 2.68. The van der Waals surface area contributed by atoms with E-state index < -0.39 is 11.9 Å². The number of hydrogen-bond donors (Lipinski definition) is 4. The smallest absolute Gasteiger partial charge is 0.354 e. The molecule has 0 saturated heterocycles. The van der Waals surface area contributed by atoms with E-state index in [4.69, 9.17) is 10.2 Å². The van der Waals surface area contributed by atoms with Crippen LogP contribution in [0.5, 0.6) is 11.5 Å². The lowest BCUT2D eigenvalue weighted by atomic mass is 10.2. The number of carboxylic acids is 2. The number of carboxylic acid groups (broad SMARTS) is 2. The Morgan fingerprint density at radius 1 is 0.655 bits per heavy atom. The van der Waals surface area contributed by atoms with Crippen LogP contribution < -0.4 is 0 Å². The van der Waals surface area contributed by atoms with E-state index in [2.05, 4.69) is 9.97 Å². The number of carbonyl (C=O) groups is 2. The summed E-state index contributed by atoms with van der Waals surface area (Å²) < 4.78 is 0. The van der Waals surface area contributed by atoms with E-state index in [1.807, 2.05) is 0 Å². The van der Waals surface area contributed by atoms with Crippen molar-refractivity contribution >= 4 is 33.7 Å². The molecule has 2 aromatic heterocycles. The third-order valence-electron chi connectivity index (χ3n) is 3.83. The largest absolute Gasteiger partial charge is 0.507 e. The molecular weight excluding hydrogens is 380 g/mol. The third-order valence-corrected chi connectivity index (χ3v) is 3.83. The minimum absolute atomic E-state index is 0. The van der Waals surface area contributed by atoms with Crippen molar-refractivity contribution in [1.29, 1.82) is 0 Å². The summed E-state index contributed by atoms with van der Waals surface area (Å²) in [4.78, 5) is 29.0. The highest BCUT2D eigenvalue weighted by Crippen LogP contribution is 2.24. The normalized spacial score (nSPS) is 9.93. The average molecular weight is 396 g/mol. The number of aromatic hydroxyl groups is 2. The number of hydrogen-bond acceptors (Lipinski definition) is 6. The standard InChI is InChI=1S/2C10H7NO3.H2O/c2*12-9-5-8(10(13)14)11-7-4-2-1-3-6(7)9;/h2*1-5H,(H,11,12)(H,13,14);1H2.